The predicted molar refractivity (Wildman–Crippen MR) is 593 cm³/mol. The number of nitrogens with zero attached hydrogens (tertiary/aromatic N) is 8. The molecule has 658 valence electrons. The quantitative estimate of drug-likeness (QED) is 0.109. The van der Waals surface area contributed by atoms with Gasteiger partial charge in [0, 0.05) is 121 Å². The van der Waals surface area contributed by atoms with Crippen LogP contribution in [0.5, 0.6) is 0 Å². The number of hydrogen-bond donors (Lipinski definition) is 0. The Balaban J connectivity index is 0.681. The molecule has 8 heteroatoms. The maximum Gasteiger partial charge on any atom is 0.160 e. The first-order valence-corrected chi connectivity index (χ1v) is 48.8. The van der Waals surface area contributed by atoms with Crippen molar-refractivity contribution >= 4 is 142 Å². The highest BCUT2D eigenvalue weighted by molar-refractivity contribution is 6.21. The minimum atomic E-state index is 0.605. The first kappa shape index (κ1) is 79.2. The third-order valence-corrected chi connectivity index (χ3v) is 30.1. The molecule has 8 nitrogen and oxygen atoms in total. The lowest BCUT2D eigenvalue weighted by Gasteiger charge is -2.17. The van der Waals surface area contributed by atoms with Crippen molar-refractivity contribution in [2.45, 2.75) is 0 Å². The van der Waals surface area contributed by atoms with Crippen molar-refractivity contribution in [1.29, 1.82) is 0 Å². The Morgan fingerprint density at radius 1 is 0.134 bits per heavy atom. The summed E-state index contributed by atoms with van der Waals surface area (Å²) in [6.07, 6.45) is 0. The van der Waals surface area contributed by atoms with E-state index in [0.717, 1.165) is 211 Å². The van der Waals surface area contributed by atoms with Gasteiger partial charge >= 0.3 is 0 Å². The van der Waals surface area contributed by atoms with Gasteiger partial charge in [-0.2, -0.15) is 0 Å². The average Bonchev–Trinajstić information content (AvgIpc) is 1.55. The zero-order valence-electron chi connectivity index (χ0n) is 76.9. The number of fused-ring (bicyclic) bond motifs is 21. The standard InChI is InChI=1S/C134H82N8/c1-6-29-83(30-7-1)102-43-16-17-44-103(102)93-33-26-34-94(71-93)132-131-108-49-27-31-84-32-28-50-109(130(84)108)133(131)136-134(135-132)95-72-100(141-126-67-59-89(85-55-63-122-110(74-85)104-45-18-22-51-118(104)137(122)96-35-8-2-9-36-96)78-114(126)115-79-90(60-68-127(115)141)86-56-64-123-111(75-86)105-46-19-23-52-119(105)138(123)97-37-10-3-11-38-97)82-101(73-95)142-128-69-61-91(87-57-65-124-112(76-87)106-47-20-24-53-120(106)139(124)98-39-12-4-13-40-98)80-116(128)117-81-92(62-70-129(117)142)88-58-66-125-113(77-88)107-48-21-25-54-121(107)140(125)99-41-14-5-15-42-99/h1-82H. The molecule has 22 aromatic carbocycles. The van der Waals surface area contributed by atoms with Gasteiger partial charge in [-0.3, -0.25) is 0 Å². The van der Waals surface area contributed by atoms with Gasteiger partial charge in [0.2, 0.25) is 0 Å². The van der Waals surface area contributed by atoms with E-state index >= 15 is 0 Å². The van der Waals surface area contributed by atoms with Crippen molar-refractivity contribution in [1.82, 2.24) is 37.4 Å². The maximum atomic E-state index is 6.15. The van der Waals surface area contributed by atoms with Gasteiger partial charge in [0.15, 0.2) is 5.82 Å². The van der Waals surface area contributed by atoms with Crippen LogP contribution in [0.2, 0.25) is 0 Å². The number of para-hydroxylation sites is 8. The van der Waals surface area contributed by atoms with Gasteiger partial charge in [-0.15, -0.1) is 0 Å². The molecule has 142 heavy (non-hydrogen) atoms. The maximum absolute atomic E-state index is 6.15. The van der Waals surface area contributed by atoms with Crippen LogP contribution in [0.3, 0.4) is 0 Å². The molecule has 7 heterocycles. The second-order valence-corrected chi connectivity index (χ2v) is 37.8. The smallest absolute Gasteiger partial charge is 0.160 e. The van der Waals surface area contributed by atoms with E-state index in [0.29, 0.717) is 5.82 Å². The fourth-order valence-corrected chi connectivity index (χ4v) is 23.8. The summed E-state index contributed by atoms with van der Waals surface area (Å²) in [5, 5.41) is 16.4. The van der Waals surface area contributed by atoms with Crippen LogP contribution in [0.4, 0.5) is 0 Å². The summed E-state index contributed by atoms with van der Waals surface area (Å²) in [5.74, 6) is 0.605. The van der Waals surface area contributed by atoms with E-state index in [4.69, 9.17) is 9.97 Å². The van der Waals surface area contributed by atoms with Crippen LogP contribution in [-0.2, 0) is 0 Å². The second kappa shape index (κ2) is 31.3. The summed E-state index contributed by atoms with van der Waals surface area (Å²) in [6, 6.07) is 184. The molecule has 1 aliphatic rings. The summed E-state index contributed by atoms with van der Waals surface area (Å²) >= 11 is 0. The third kappa shape index (κ3) is 12.2. The van der Waals surface area contributed by atoms with Crippen LogP contribution in [0.1, 0.15) is 0 Å². The monoisotopic (exact) mass is 1800 g/mol. The minimum absolute atomic E-state index is 0.605. The predicted octanol–water partition coefficient (Wildman–Crippen LogP) is 35.2. The summed E-state index contributed by atoms with van der Waals surface area (Å²) in [6.45, 7) is 0. The van der Waals surface area contributed by atoms with Gasteiger partial charge in [-0.1, -0.05) is 303 Å². The van der Waals surface area contributed by atoms with E-state index in [2.05, 4.69) is 525 Å². The van der Waals surface area contributed by atoms with Crippen molar-refractivity contribution < 1.29 is 0 Å². The number of rotatable bonds is 14. The summed E-state index contributed by atoms with van der Waals surface area (Å²) < 4.78 is 14.7. The highest BCUT2D eigenvalue weighted by Crippen LogP contribution is 2.53. The van der Waals surface area contributed by atoms with Crippen molar-refractivity contribution in [3.63, 3.8) is 0 Å². The SMILES string of the molecule is c1ccc(-c2ccccc2-c2cccc(-c3nc(-c4cc(-n5c6ccc(-c7ccc8c(c7)c7ccccc7n8-c7ccccc7)cc6c6cc(-c7ccc8c(c7)c7ccccc7n8-c7ccccc7)ccc65)cc(-n5c6ccc(-c7ccc8c(c7)c7ccccc7n8-c7ccccc7)cc6c6cc(-c7ccc8c(c7)c7ccccc7n8-c7ccccc7)ccc65)c4)nc4c3-c3cccc5cccc-4c35)c2)cc1. The van der Waals surface area contributed by atoms with Crippen molar-refractivity contribution in [3.8, 4) is 146 Å². The molecule has 7 aromatic heterocycles. The molecular weight excluding hydrogens is 1720 g/mol. The van der Waals surface area contributed by atoms with Crippen LogP contribution in [0, 0.1) is 0 Å². The van der Waals surface area contributed by atoms with Crippen LogP contribution in [0.25, 0.3) is 288 Å². The van der Waals surface area contributed by atoms with Crippen LogP contribution in [0.15, 0.2) is 497 Å². The fourth-order valence-electron chi connectivity index (χ4n) is 23.8. The van der Waals surface area contributed by atoms with Crippen LogP contribution < -0.4 is 0 Å². The van der Waals surface area contributed by atoms with Crippen LogP contribution in [-0.4, -0.2) is 37.4 Å². The van der Waals surface area contributed by atoms with Crippen molar-refractivity contribution in [3.05, 3.63) is 497 Å². The molecule has 0 atom stereocenters. The normalized spacial score (nSPS) is 12.1. The number of benzene rings is 22. The fraction of sp³-hybridized carbons (Fsp3) is 0. The molecule has 0 saturated carbocycles. The lowest BCUT2D eigenvalue weighted by atomic mass is 9.92. The Morgan fingerprint density at radius 2 is 0.387 bits per heavy atom. The van der Waals surface area contributed by atoms with Gasteiger partial charge in [-0.05, 0) is 277 Å². The third-order valence-electron chi connectivity index (χ3n) is 30.1. The molecule has 0 fully saturated rings. The Morgan fingerprint density at radius 3 is 0.739 bits per heavy atom. The van der Waals surface area contributed by atoms with E-state index in [9.17, 15) is 0 Å². The van der Waals surface area contributed by atoms with Gasteiger partial charge < -0.3 is 27.4 Å². The van der Waals surface area contributed by atoms with Gasteiger partial charge in [0.05, 0.1) is 77.6 Å². The highest BCUT2D eigenvalue weighted by atomic mass is 15.0. The first-order valence-electron chi connectivity index (χ1n) is 48.8. The van der Waals surface area contributed by atoms with E-state index in [-0.39, 0.29) is 0 Å². The molecule has 0 aliphatic heterocycles. The zero-order valence-corrected chi connectivity index (χ0v) is 76.9. The molecule has 0 bridgehead atoms. The van der Waals surface area contributed by atoms with E-state index in [1.165, 1.54) is 70.5 Å². The lowest BCUT2D eigenvalue weighted by Crippen LogP contribution is -2.03. The van der Waals surface area contributed by atoms with E-state index < -0.39 is 0 Å². The molecule has 0 spiro atoms. The number of aromatic nitrogens is 8. The molecule has 0 amide bonds. The molecule has 30 rings (SSSR count). The molecule has 29 aromatic rings. The van der Waals surface area contributed by atoms with Crippen molar-refractivity contribution in [2.75, 3.05) is 0 Å². The Kier molecular flexibility index (Phi) is 17.4. The van der Waals surface area contributed by atoms with E-state index in [1.54, 1.807) is 0 Å². The van der Waals surface area contributed by atoms with Crippen LogP contribution >= 0.6 is 0 Å². The van der Waals surface area contributed by atoms with Gasteiger partial charge in [0.1, 0.15) is 0 Å². The topological polar surface area (TPSA) is 55.4 Å². The largest absolute Gasteiger partial charge is 0.309 e. The molecule has 0 N–H and O–H groups in total. The Labute approximate surface area is 816 Å². The average molecular weight is 1800 g/mol. The van der Waals surface area contributed by atoms with Crippen molar-refractivity contribution in [2.24, 2.45) is 0 Å². The zero-order chi connectivity index (χ0) is 92.9. The highest BCUT2D eigenvalue weighted by Gasteiger charge is 2.31. The Hall–Kier alpha value is -19.0. The molecule has 0 unspecified atom stereocenters. The molecular formula is C134H82N8. The lowest BCUT2D eigenvalue weighted by molar-refractivity contribution is 1.12. The molecule has 1 aliphatic carbocycles. The minimum Gasteiger partial charge on any atom is -0.309 e. The Bertz CT molecular complexity index is 9470. The van der Waals surface area contributed by atoms with Gasteiger partial charge in [0.25, 0.3) is 0 Å². The summed E-state index contributed by atoms with van der Waals surface area (Å²) in [5.41, 5.74) is 40.3. The van der Waals surface area contributed by atoms with Gasteiger partial charge in [-0.25, -0.2) is 9.97 Å². The summed E-state index contributed by atoms with van der Waals surface area (Å²) in [7, 11) is 0. The first-order chi connectivity index (χ1) is 70.4. The molecule has 0 saturated heterocycles. The van der Waals surface area contributed by atoms with E-state index in [1.807, 2.05) is 0 Å². The number of hydrogen-bond acceptors (Lipinski definition) is 2. The molecule has 0 radical (unpaired) electrons. The summed E-state index contributed by atoms with van der Waals surface area (Å²) in [4.78, 5) is 12.2. The second-order valence-electron chi connectivity index (χ2n) is 37.8.